The minimum absolute atomic E-state index is 0.0905. The molecule has 0 bridgehead atoms. The van der Waals surface area contributed by atoms with Gasteiger partial charge in [0.25, 0.3) is 0 Å². The Morgan fingerprint density at radius 2 is 1.14 bits per heavy atom. The van der Waals surface area contributed by atoms with Crippen molar-refractivity contribution in [2.24, 2.45) is 45.3 Å². The van der Waals surface area contributed by atoms with E-state index in [1.165, 1.54) is 0 Å². The van der Waals surface area contributed by atoms with Gasteiger partial charge >= 0.3 is 0 Å². The maximum atomic E-state index is 12.7. The molecule has 0 amide bonds. The van der Waals surface area contributed by atoms with Crippen LogP contribution in [0.25, 0.3) is 0 Å². The third-order valence-corrected chi connectivity index (χ3v) is 18.8. The van der Waals surface area contributed by atoms with Crippen molar-refractivity contribution in [1.29, 1.82) is 0 Å². The first-order valence-corrected chi connectivity index (χ1v) is 24.4. The van der Waals surface area contributed by atoms with E-state index in [0.717, 1.165) is 37.7 Å². The van der Waals surface area contributed by atoms with Gasteiger partial charge in [-0.3, -0.25) is 0 Å². The highest BCUT2D eigenvalue weighted by Gasteiger charge is 2.72. The average Bonchev–Trinajstić information content (AvgIpc) is 3.65. The van der Waals surface area contributed by atoms with E-state index < -0.39 is 135 Å². The number of ether oxygens (including phenoxy) is 6. The van der Waals surface area contributed by atoms with E-state index >= 15 is 0 Å². The topological polar surface area (TPSA) is 298 Å². The van der Waals surface area contributed by atoms with E-state index in [1.54, 1.807) is 0 Å². The Hall–Kier alpha value is -0.980. The van der Waals surface area contributed by atoms with Crippen LogP contribution in [0.1, 0.15) is 113 Å². The molecule has 3 aliphatic heterocycles. The van der Waals surface area contributed by atoms with Gasteiger partial charge in [0, 0.05) is 0 Å². The fourth-order valence-corrected chi connectivity index (χ4v) is 14.9. The first-order valence-electron chi connectivity index (χ1n) is 24.4. The van der Waals surface area contributed by atoms with Crippen LogP contribution < -0.4 is 0 Å². The minimum Gasteiger partial charge on any atom is -0.394 e. The highest BCUT2D eigenvalue weighted by molar-refractivity contribution is 5.20. The molecule has 0 aromatic carbocycles. The van der Waals surface area contributed by atoms with E-state index in [-0.39, 0.29) is 39.9 Å². The molecule has 66 heavy (non-hydrogen) atoms. The van der Waals surface area contributed by atoms with Gasteiger partial charge in [0.1, 0.15) is 73.2 Å². The number of allylic oxidation sites excluding steroid dienone is 2. The van der Waals surface area contributed by atoms with Crippen LogP contribution in [-0.4, -0.2) is 191 Å². The average molecular weight is 947 g/mol. The van der Waals surface area contributed by atoms with Crippen LogP contribution in [-0.2, 0) is 28.4 Å². The second-order valence-electron chi connectivity index (χ2n) is 22.9. The summed E-state index contributed by atoms with van der Waals surface area (Å²) < 4.78 is 37.2. The second kappa shape index (κ2) is 19.6. The Kier molecular flexibility index (Phi) is 15.7. The quantitative estimate of drug-likeness (QED) is 0.0853. The number of aliphatic hydroxyl groups is 12. The van der Waals surface area contributed by atoms with Crippen molar-refractivity contribution in [1.82, 2.24) is 0 Å². The third-order valence-electron chi connectivity index (χ3n) is 18.8. The van der Waals surface area contributed by atoms with Gasteiger partial charge in [0.05, 0.1) is 37.6 Å². The van der Waals surface area contributed by atoms with Gasteiger partial charge in [-0.05, 0) is 124 Å². The molecule has 0 aromatic rings. The fourth-order valence-electron chi connectivity index (χ4n) is 14.9. The number of hydrogen-bond acceptors (Lipinski definition) is 18. The van der Waals surface area contributed by atoms with Gasteiger partial charge in [-0.25, -0.2) is 0 Å². The number of rotatable bonds is 13. The molecule has 3 saturated heterocycles. The fraction of sp³-hybridized carbons (Fsp3) is 0.958. The summed E-state index contributed by atoms with van der Waals surface area (Å²) in [5.41, 5.74) is -1.12. The van der Waals surface area contributed by atoms with Gasteiger partial charge < -0.3 is 89.7 Å². The van der Waals surface area contributed by atoms with E-state index in [0.29, 0.717) is 25.7 Å². The van der Waals surface area contributed by atoms with Crippen LogP contribution in [0.3, 0.4) is 0 Å². The number of hydrogen-bond donors (Lipinski definition) is 12. The van der Waals surface area contributed by atoms with Gasteiger partial charge in [0.2, 0.25) is 0 Å². The lowest BCUT2D eigenvalue weighted by Gasteiger charge is -2.71. The summed E-state index contributed by atoms with van der Waals surface area (Å²) in [5, 5.41) is 129. The van der Waals surface area contributed by atoms with Gasteiger partial charge in [-0.2, -0.15) is 0 Å². The SMILES string of the molecule is CC(C)=CCC[C@](C)(O[C@@H]1OC(CO)[C@@H](O)[C@@H](O)C1O)[C@H]1CC[C@]2(C)[C@@H]1[C@H](O)C[C@@H]1[C@@]3(C)CC[C@H](O[C@@H]4OC(CO)[C@@H](O)[C@@H](O)C4O[C@@H]4OC(CO)[C@@H](O)[C@@H](O)C4O)C(C)(C)[C@@H]3CC[C@]12C. The maximum Gasteiger partial charge on any atom is 0.187 e. The molecular weight excluding hydrogens is 865 g/mol. The van der Waals surface area contributed by atoms with Crippen molar-refractivity contribution in [3.8, 4) is 0 Å². The summed E-state index contributed by atoms with van der Waals surface area (Å²) in [4.78, 5) is 0. The van der Waals surface area contributed by atoms with Crippen molar-refractivity contribution in [2.75, 3.05) is 19.8 Å². The summed E-state index contributed by atoms with van der Waals surface area (Å²) >= 11 is 0. The van der Waals surface area contributed by atoms with Gasteiger partial charge in [-0.1, -0.05) is 46.3 Å². The molecule has 4 saturated carbocycles. The zero-order valence-corrected chi connectivity index (χ0v) is 40.0. The van der Waals surface area contributed by atoms with Crippen LogP contribution in [0, 0.1) is 45.3 Å². The van der Waals surface area contributed by atoms with Crippen LogP contribution >= 0.6 is 0 Å². The zero-order valence-electron chi connectivity index (χ0n) is 40.0. The second-order valence-corrected chi connectivity index (χ2v) is 22.9. The first-order chi connectivity index (χ1) is 30.8. The van der Waals surface area contributed by atoms with Crippen molar-refractivity contribution in [3.63, 3.8) is 0 Å². The zero-order chi connectivity index (χ0) is 48.6. The predicted molar refractivity (Wildman–Crippen MR) is 234 cm³/mol. The Labute approximate surface area is 388 Å². The number of aliphatic hydroxyl groups excluding tert-OH is 12. The Morgan fingerprint density at radius 1 is 0.606 bits per heavy atom. The van der Waals surface area contributed by atoms with Gasteiger partial charge in [0.15, 0.2) is 18.9 Å². The molecule has 25 atom stereocenters. The van der Waals surface area contributed by atoms with E-state index in [9.17, 15) is 61.3 Å². The standard InChI is InChI=1S/C48H82O18/c1-22(2)10-9-14-48(8,66-42-39(60)36(57)33(54)26(20-50)62-42)23-11-16-47(7)31(23)24(52)18-29-45(5)15-13-30(44(3,4)28(45)12-17-46(29,47)6)64-43-40(37(58)34(55)27(21-51)63-43)65-41-38(59)35(56)32(53)25(19-49)61-41/h10,23-43,49-60H,9,11-21H2,1-8H3/t23-,24+,25?,26?,27?,28-,29+,30-,31-,32+,33+,34+,35+,36+,37+,38?,39?,40?,41-,42-,43-,45-,46+,47+,48-/m0/s1. The molecule has 4 aliphatic carbocycles. The smallest absolute Gasteiger partial charge is 0.187 e. The summed E-state index contributed by atoms with van der Waals surface area (Å²) in [7, 11) is 0. The van der Waals surface area contributed by atoms with E-state index in [1.807, 2.05) is 20.8 Å². The molecule has 0 aromatic heterocycles. The molecule has 0 spiro atoms. The maximum absolute atomic E-state index is 12.7. The van der Waals surface area contributed by atoms with Crippen molar-refractivity contribution < 1.29 is 89.7 Å². The monoisotopic (exact) mass is 947 g/mol. The molecular formula is C48H82O18. The highest BCUT2D eigenvalue weighted by atomic mass is 16.8. The molecule has 0 radical (unpaired) electrons. The van der Waals surface area contributed by atoms with E-state index in [4.69, 9.17) is 28.4 Å². The summed E-state index contributed by atoms with van der Waals surface area (Å²) in [5.74, 6) is -0.151. The van der Waals surface area contributed by atoms with Crippen molar-refractivity contribution in [3.05, 3.63) is 11.6 Å². The molecule has 3 heterocycles. The summed E-state index contributed by atoms with van der Waals surface area (Å²) in [6.45, 7) is 15.5. The summed E-state index contributed by atoms with van der Waals surface area (Å²) in [6, 6.07) is 0. The van der Waals surface area contributed by atoms with Crippen molar-refractivity contribution in [2.45, 2.75) is 223 Å². The Bertz CT molecular complexity index is 1680. The van der Waals surface area contributed by atoms with E-state index in [2.05, 4.69) is 40.7 Å². The minimum atomic E-state index is -1.79. The molecule has 7 fully saturated rings. The number of fused-ring (bicyclic) bond motifs is 5. The molecule has 18 heteroatoms. The highest BCUT2D eigenvalue weighted by Crippen LogP contribution is 2.76. The largest absolute Gasteiger partial charge is 0.394 e. The van der Waals surface area contributed by atoms with Gasteiger partial charge in [-0.15, -0.1) is 0 Å². The molecule has 6 unspecified atom stereocenters. The lowest BCUT2D eigenvalue weighted by Crippen LogP contribution is -2.68. The lowest BCUT2D eigenvalue weighted by molar-refractivity contribution is -0.378. The third kappa shape index (κ3) is 8.79. The molecule has 12 N–H and O–H groups in total. The van der Waals surface area contributed by atoms with Crippen LogP contribution in [0.15, 0.2) is 11.6 Å². The molecule has 382 valence electrons. The van der Waals surface area contributed by atoms with Crippen molar-refractivity contribution >= 4 is 0 Å². The first kappa shape index (κ1) is 52.8. The molecule has 7 aliphatic rings. The summed E-state index contributed by atoms with van der Waals surface area (Å²) in [6.07, 6.45) is -15.4. The van der Waals surface area contributed by atoms with Crippen LogP contribution in [0.5, 0.6) is 0 Å². The van der Waals surface area contributed by atoms with Crippen LogP contribution in [0.4, 0.5) is 0 Å². The molecule has 7 rings (SSSR count). The predicted octanol–water partition coefficient (Wildman–Crippen LogP) is -0.0268. The Balaban J connectivity index is 1.13. The molecule has 18 nitrogen and oxygen atoms in total. The Morgan fingerprint density at radius 3 is 1.71 bits per heavy atom. The normalized spacial score (nSPS) is 52.4. The van der Waals surface area contributed by atoms with Crippen LogP contribution in [0.2, 0.25) is 0 Å². The lowest BCUT2D eigenvalue weighted by atomic mass is 9.35.